The molecule has 4 rings (SSSR count). The molecule has 2 aliphatic rings. The van der Waals surface area contributed by atoms with Gasteiger partial charge in [0.25, 0.3) is 5.56 Å². The number of ether oxygens (including phenoxy) is 1. The summed E-state index contributed by atoms with van der Waals surface area (Å²) < 4.78 is 7.04. The number of rotatable bonds is 2. The van der Waals surface area contributed by atoms with E-state index >= 15 is 0 Å². The van der Waals surface area contributed by atoms with Crippen molar-refractivity contribution in [3.8, 4) is 0 Å². The molecule has 0 amide bonds. The zero-order chi connectivity index (χ0) is 15.9. The molecular weight excluding hydrogens is 292 g/mol. The van der Waals surface area contributed by atoms with Crippen LogP contribution in [0.15, 0.2) is 17.4 Å². The molecule has 4 atom stereocenters. The van der Waals surface area contributed by atoms with Gasteiger partial charge in [0.1, 0.15) is 17.3 Å². The number of hydrogen-bond donors (Lipinski definition) is 4. The van der Waals surface area contributed by atoms with Crippen LogP contribution in [0.1, 0.15) is 20.1 Å². The third-order valence-corrected chi connectivity index (χ3v) is 5.32. The van der Waals surface area contributed by atoms with Gasteiger partial charge in [-0.25, -0.2) is 9.97 Å². The number of nitrogens with zero attached hydrogens (tertiary/aromatic N) is 3. The van der Waals surface area contributed by atoms with Crippen LogP contribution in [-0.4, -0.2) is 58.8 Å². The molecule has 0 bridgehead atoms. The van der Waals surface area contributed by atoms with E-state index in [9.17, 15) is 20.1 Å². The Morgan fingerprint density at radius 3 is 2.73 bits per heavy atom. The van der Waals surface area contributed by atoms with Crippen LogP contribution in [0.4, 0.5) is 0 Å². The molecule has 9 nitrogen and oxygen atoms in total. The molecule has 2 fully saturated rings. The van der Waals surface area contributed by atoms with Crippen LogP contribution in [-0.2, 0) is 4.74 Å². The van der Waals surface area contributed by atoms with Crippen LogP contribution < -0.4 is 5.56 Å². The topological polar surface area (TPSA) is 133 Å². The number of aromatic amines is 1. The second kappa shape index (κ2) is 3.74. The first-order chi connectivity index (χ1) is 10.3. The molecule has 2 aromatic rings. The minimum absolute atomic E-state index is 0.115. The fourth-order valence-electron chi connectivity index (χ4n) is 3.87. The smallest absolute Gasteiger partial charge is 0.278 e. The molecule has 0 spiro atoms. The molecular formula is C13H16N4O5. The van der Waals surface area contributed by atoms with Crippen molar-refractivity contribution in [3.63, 3.8) is 0 Å². The number of fused-ring (bicyclic) bond motifs is 2. The van der Waals surface area contributed by atoms with Crippen LogP contribution in [0.3, 0.4) is 0 Å². The minimum atomic E-state index is -1.61. The van der Waals surface area contributed by atoms with Crippen LogP contribution in [0.5, 0.6) is 0 Å². The molecule has 0 unspecified atom stereocenters. The summed E-state index contributed by atoms with van der Waals surface area (Å²) in [6, 6.07) is 0. The number of hydrogen-bond acceptors (Lipinski definition) is 7. The summed E-state index contributed by atoms with van der Waals surface area (Å²) in [6.07, 6.45) is 0.639. The normalized spacial score (nSPS) is 39.1. The number of nitrogens with one attached hydrogen (secondary N) is 1. The van der Waals surface area contributed by atoms with Crippen LogP contribution in [0, 0.1) is 5.41 Å². The third kappa shape index (κ3) is 1.16. The van der Waals surface area contributed by atoms with E-state index in [2.05, 4.69) is 15.0 Å². The Kier molecular flexibility index (Phi) is 2.35. The largest absolute Gasteiger partial charge is 0.394 e. The van der Waals surface area contributed by atoms with Gasteiger partial charge in [0.05, 0.1) is 19.3 Å². The monoisotopic (exact) mass is 308 g/mol. The Labute approximate surface area is 124 Å². The lowest BCUT2D eigenvalue weighted by atomic mass is 10.0. The zero-order valence-electron chi connectivity index (χ0n) is 12.0. The predicted molar refractivity (Wildman–Crippen MR) is 72.8 cm³/mol. The van der Waals surface area contributed by atoms with Gasteiger partial charge < -0.3 is 25.0 Å². The van der Waals surface area contributed by atoms with Crippen LogP contribution >= 0.6 is 0 Å². The molecule has 9 heteroatoms. The highest BCUT2D eigenvalue weighted by molar-refractivity contribution is 5.69. The maximum atomic E-state index is 11.7. The minimum Gasteiger partial charge on any atom is -0.394 e. The highest BCUT2D eigenvalue weighted by Gasteiger charge is 2.92. The lowest BCUT2D eigenvalue weighted by Gasteiger charge is -2.26. The maximum Gasteiger partial charge on any atom is 0.278 e. The van der Waals surface area contributed by atoms with Crippen LogP contribution in [0.2, 0.25) is 0 Å². The lowest BCUT2D eigenvalue weighted by molar-refractivity contribution is -0.123. The Hall–Kier alpha value is -1.81. The van der Waals surface area contributed by atoms with E-state index < -0.39 is 41.1 Å². The van der Waals surface area contributed by atoms with Gasteiger partial charge in [0.2, 0.25) is 0 Å². The number of H-pyrrole nitrogens is 1. The van der Waals surface area contributed by atoms with Gasteiger partial charge in [0.15, 0.2) is 17.4 Å². The second-order valence-corrected chi connectivity index (χ2v) is 6.37. The molecule has 1 aliphatic heterocycles. The Bertz CT molecular complexity index is 829. The van der Waals surface area contributed by atoms with E-state index in [1.165, 1.54) is 17.2 Å². The second-order valence-electron chi connectivity index (χ2n) is 6.37. The summed E-state index contributed by atoms with van der Waals surface area (Å²) >= 11 is 0. The summed E-state index contributed by atoms with van der Waals surface area (Å²) in [4.78, 5) is 22.2. The fourth-order valence-corrected chi connectivity index (χ4v) is 3.87. The van der Waals surface area contributed by atoms with Crippen LogP contribution in [0.25, 0.3) is 11.2 Å². The zero-order valence-corrected chi connectivity index (χ0v) is 12.0. The van der Waals surface area contributed by atoms with Crippen molar-refractivity contribution < 1.29 is 20.1 Å². The first kappa shape index (κ1) is 13.8. The van der Waals surface area contributed by atoms with Gasteiger partial charge in [-0.2, -0.15) is 0 Å². The Morgan fingerprint density at radius 2 is 2.09 bits per heavy atom. The Balaban J connectivity index is 1.90. The summed E-state index contributed by atoms with van der Waals surface area (Å²) in [7, 11) is 0. The van der Waals surface area contributed by atoms with Gasteiger partial charge in [-0.3, -0.25) is 9.36 Å². The maximum absolute atomic E-state index is 11.7. The molecule has 0 aromatic carbocycles. The molecule has 4 N–H and O–H groups in total. The van der Waals surface area contributed by atoms with E-state index in [1.54, 1.807) is 13.8 Å². The summed E-state index contributed by atoms with van der Waals surface area (Å²) in [5.74, 6) is 0. The first-order valence-corrected chi connectivity index (χ1v) is 6.92. The van der Waals surface area contributed by atoms with Crippen molar-refractivity contribution in [2.75, 3.05) is 6.61 Å². The summed E-state index contributed by atoms with van der Waals surface area (Å²) in [5.41, 5.74) is -4.11. The summed E-state index contributed by atoms with van der Waals surface area (Å²) in [5, 5.41) is 31.2. The van der Waals surface area contributed by atoms with Gasteiger partial charge in [-0.15, -0.1) is 0 Å². The molecule has 22 heavy (non-hydrogen) atoms. The van der Waals surface area contributed by atoms with E-state index in [0.29, 0.717) is 0 Å². The molecule has 118 valence electrons. The number of aliphatic hydroxyl groups is 3. The molecule has 1 saturated heterocycles. The predicted octanol–water partition coefficient (Wildman–Crippen LogP) is -1.49. The van der Waals surface area contributed by atoms with Gasteiger partial charge >= 0.3 is 0 Å². The van der Waals surface area contributed by atoms with Crippen molar-refractivity contribution in [1.29, 1.82) is 0 Å². The van der Waals surface area contributed by atoms with Crippen molar-refractivity contribution in [1.82, 2.24) is 19.5 Å². The van der Waals surface area contributed by atoms with Gasteiger partial charge in [-0.05, 0) is 0 Å². The third-order valence-electron chi connectivity index (χ3n) is 5.32. The first-order valence-electron chi connectivity index (χ1n) is 6.92. The number of aromatic nitrogens is 4. The average Bonchev–Trinajstić information content (AvgIpc) is 2.86. The average molecular weight is 308 g/mol. The van der Waals surface area contributed by atoms with Crippen molar-refractivity contribution in [3.05, 3.63) is 23.0 Å². The lowest BCUT2D eigenvalue weighted by Crippen LogP contribution is -2.36. The van der Waals surface area contributed by atoms with Crippen molar-refractivity contribution >= 4 is 11.2 Å². The standard InChI is InChI=1S/C13H16N4O5/c1-11(2)12(20)6(3-18)22-10(13(11,12)21)17-5-16-7-8(17)14-4-15-9(7)19/h4-6,10,18,20-21H,3H2,1-2H3,(H,14,15,19)/t6-,10-,12+,13-/m1/s1. The number of imidazole rings is 1. The quantitative estimate of drug-likeness (QED) is 0.531. The molecule has 3 heterocycles. The molecule has 0 radical (unpaired) electrons. The van der Waals surface area contributed by atoms with Gasteiger partial charge in [-0.1, -0.05) is 13.8 Å². The van der Waals surface area contributed by atoms with E-state index in [4.69, 9.17) is 4.74 Å². The Morgan fingerprint density at radius 1 is 1.36 bits per heavy atom. The fraction of sp³-hybridized carbons (Fsp3) is 0.615. The highest BCUT2D eigenvalue weighted by Crippen LogP contribution is 2.75. The molecule has 2 aromatic heterocycles. The SMILES string of the molecule is CC1(C)[C@]2(O)[C@H](n3cnc4c(=O)[nH]cnc43)O[C@H](CO)[C@]12O. The van der Waals surface area contributed by atoms with Gasteiger partial charge in [0, 0.05) is 5.41 Å². The highest BCUT2D eigenvalue weighted by atomic mass is 16.6. The van der Waals surface area contributed by atoms with E-state index in [1.807, 2.05) is 0 Å². The number of aliphatic hydroxyl groups excluding tert-OH is 1. The van der Waals surface area contributed by atoms with E-state index in [-0.39, 0.29) is 11.2 Å². The molecule has 1 aliphatic carbocycles. The molecule has 1 saturated carbocycles. The van der Waals surface area contributed by atoms with Crippen molar-refractivity contribution in [2.45, 2.75) is 37.4 Å². The summed E-state index contributed by atoms with van der Waals surface area (Å²) in [6.45, 7) is 2.97. The van der Waals surface area contributed by atoms with E-state index in [0.717, 1.165) is 0 Å². The van der Waals surface area contributed by atoms with Crippen molar-refractivity contribution in [2.24, 2.45) is 5.41 Å².